The Balaban J connectivity index is 2.33. The van der Waals surface area contributed by atoms with Crippen LogP contribution in [0.3, 0.4) is 0 Å². The van der Waals surface area contributed by atoms with E-state index in [9.17, 15) is 24.3 Å². The minimum atomic E-state index is -0.973. The first-order valence-electron chi connectivity index (χ1n) is 11.4. The van der Waals surface area contributed by atoms with Gasteiger partial charge in [-0.05, 0) is 44.9 Å². The second kappa shape index (κ2) is 12.7. The highest BCUT2D eigenvalue weighted by molar-refractivity contribution is 5.85. The number of aromatic nitrogens is 1. The average molecular weight is 487 g/mol. The molecule has 190 valence electrons. The number of nitrogens with one attached hydrogen (secondary N) is 3. The minimum absolute atomic E-state index is 0.0362. The molecule has 0 spiro atoms. The molecule has 4 N–H and O–H groups in total. The standard InChI is InChI=1S/C25H34N4O6/c1-25(2,3)35-24(34)28-19-11-8-14-29(23(19)33)20(15-17-9-6-5-7-10-17)22(32)27-18(16-30)12-13-21(31)26-4/h5-11,14,18,20,30H,12-13,15-16H2,1-4H3,(H,26,31)(H,27,32)(H,28,34)/t18-,20-/m0/s1. The zero-order valence-corrected chi connectivity index (χ0v) is 20.5. The predicted octanol–water partition coefficient (Wildman–Crippen LogP) is 1.98. The molecule has 10 heteroatoms. The minimum Gasteiger partial charge on any atom is -0.444 e. The number of aliphatic hydroxyl groups excluding tert-OH is 1. The third kappa shape index (κ3) is 8.90. The number of pyridine rings is 1. The van der Waals surface area contributed by atoms with Gasteiger partial charge in [0.25, 0.3) is 5.56 Å². The predicted molar refractivity (Wildman–Crippen MR) is 132 cm³/mol. The molecule has 0 fully saturated rings. The van der Waals surface area contributed by atoms with E-state index in [1.54, 1.807) is 26.8 Å². The summed E-state index contributed by atoms with van der Waals surface area (Å²) in [4.78, 5) is 50.3. The molecule has 0 aliphatic rings. The zero-order valence-electron chi connectivity index (χ0n) is 20.5. The summed E-state index contributed by atoms with van der Waals surface area (Å²) in [6.45, 7) is 4.75. The Hall–Kier alpha value is -3.66. The van der Waals surface area contributed by atoms with Crippen molar-refractivity contribution in [1.82, 2.24) is 15.2 Å². The summed E-state index contributed by atoms with van der Waals surface area (Å²) in [5, 5.41) is 17.4. The van der Waals surface area contributed by atoms with E-state index in [2.05, 4.69) is 16.0 Å². The van der Waals surface area contributed by atoms with Crippen LogP contribution in [0.1, 0.15) is 45.2 Å². The Labute approximate surface area is 204 Å². The highest BCUT2D eigenvalue weighted by Crippen LogP contribution is 2.16. The van der Waals surface area contributed by atoms with E-state index in [-0.39, 0.29) is 37.5 Å². The fourth-order valence-corrected chi connectivity index (χ4v) is 3.36. The number of aliphatic hydroxyl groups is 1. The maximum Gasteiger partial charge on any atom is 0.412 e. The molecule has 1 aromatic carbocycles. The average Bonchev–Trinajstić information content (AvgIpc) is 2.80. The molecule has 0 aliphatic heterocycles. The van der Waals surface area contributed by atoms with Crippen molar-refractivity contribution in [3.05, 3.63) is 64.6 Å². The van der Waals surface area contributed by atoms with Crippen molar-refractivity contribution in [3.8, 4) is 0 Å². The van der Waals surface area contributed by atoms with Gasteiger partial charge in [0.05, 0.1) is 12.6 Å². The van der Waals surface area contributed by atoms with Gasteiger partial charge in [-0.1, -0.05) is 30.3 Å². The van der Waals surface area contributed by atoms with E-state index in [1.807, 2.05) is 30.3 Å². The molecule has 0 unspecified atom stereocenters. The van der Waals surface area contributed by atoms with Gasteiger partial charge >= 0.3 is 6.09 Å². The second-order valence-electron chi connectivity index (χ2n) is 9.07. The molecular weight excluding hydrogens is 452 g/mol. The number of carbonyl (C=O) groups is 3. The van der Waals surface area contributed by atoms with Crippen molar-refractivity contribution in [2.75, 3.05) is 19.0 Å². The quantitative estimate of drug-likeness (QED) is 0.405. The van der Waals surface area contributed by atoms with Crippen molar-refractivity contribution in [3.63, 3.8) is 0 Å². The van der Waals surface area contributed by atoms with Crippen molar-refractivity contribution in [2.24, 2.45) is 0 Å². The Morgan fingerprint density at radius 2 is 1.77 bits per heavy atom. The summed E-state index contributed by atoms with van der Waals surface area (Å²) in [6.07, 6.45) is 1.23. The van der Waals surface area contributed by atoms with Crippen LogP contribution in [0, 0.1) is 0 Å². The molecule has 1 aromatic heterocycles. The van der Waals surface area contributed by atoms with Gasteiger partial charge in [0.15, 0.2) is 0 Å². The van der Waals surface area contributed by atoms with Crippen molar-refractivity contribution >= 4 is 23.6 Å². The van der Waals surface area contributed by atoms with Crippen molar-refractivity contribution < 1.29 is 24.2 Å². The molecule has 3 amide bonds. The van der Waals surface area contributed by atoms with Crippen LogP contribution < -0.4 is 21.5 Å². The van der Waals surface area contributed by atoms with Crippen LogP contribution in [0.15, 0.2) is 53.5 Å². The molecule has 35 heavy (non-hydrogen) atoms. The summed E-state index contributed by atoms with van der Waals surface area (Å²) in [5.74, 6) is -0.711. The van der Waals surface area contributed by atoms with Gasteiger partial charge in [0.2, 0.25) is 11.8 Å². The number of amides is 3. The van der Waals surface area contributed by atoms with Crippen LogP contribution in [0.5, 0.6) is 0 Å². The van der Waals surface area contributed by atoms with Crippen LogP contribution in [-0.4, -0.2) is 52.9 Å². The Morgan fingerprint density at radius 1 is 1.09 bits per heavy atom. The smallest absolute Gasteiger partial charge is 0.412 e. The Kier molecular flexibility index (Phi) is 10.0. The topological polar surface area (TPSA) is 139 Å². The number of anilines is 1. The highest BCUT2D eigenvalue weighted by atomic mass is 16.6. The molecule has 0 radical (unpaired) electrons. The van der Waals surface area contributed by atoms with E-state index >= 15 is 0 Å². The van der Waals surface area contributed by atoms with E-state index in [0.717, 1.165) is 5.56 Å². The summed E-state index contributed by atoms with van der Waals surface area (Å²) in [7, 11) is 1.51. The van der Waals surface area contributed by atoms with Crippen LogP contribution in [0.25, 0.3) is 0 Å². The van der Waals surface area contributed by atoms with Gasteiger partial charge in [0, 0.05) is 26.1 Å². The van der Waals surface area contributed by atoms with Crippen molar-refractivity contribution in [2.45, 2.75) is 57.7 Å². The highest BCUT2D eigenvalue weighted by Gasteiger charge is 2.26. The largest absolute Gasteiger partial charge is 0.444 e. The molecule has 1 heterocycles. The third-order valence-corrected chi connectivity index (χ3v) is 5.09. The van der Waals surface area contributed by atoms with E-state index in [1.165, 1.54) is 23.9 Å². The maximum absolute atomic E-state index is 13.3. The Morgan fingerprint density at radius 3 is 2.37 bits per heavy atom. The molecule has 0 saturated heterocycles. The maximum atomic E-state index is 13.3. The van der Waals surface area contributed by atoms with Gasteiger partial charge in [-0.15, -0.1) is 0 Å². The zero-order chi connectivity index (χ0) is 26.0. The molecule has 2 aromatic rings. The summed E-state index contributed by atoms with van der Waals surface area (Å²) in [5.41, 5.74) is -0.552. The molecule has 2 atom stereocenters. The van der Waals surface area contributed by atoms with Gasteiger partial charge in [-0.2, -0.15) is 0 Å². The van der Waals surface area contributed by atoms with Gasteiger partial charge in [-0.25, -0.2) is 4.79 Å². The van der Waals surface area contributed by atoms with Crippen LogP contribution in [0.4, 0.5) is 10.5 Å². The van der Waals surface area contributed by atoms with Crippen LogP contribution in [0.2, 0.25) is 0 Å². The first kappa shape index (κ1) is 27.6. The lowest BCUT2D eigenvalue weighted by atomic mass is 10.0. The molecule has 0 saturated carbocycles. The van der Waals surface area contributed by atoms with E-state index in [4.69, 9.17) is 4.74 Å². The molecular formula is C25H34N4O6. The first-order valence-corrected chi connectivity index (χ1v) is 11.4. The summed E-state index contributed by atoms with van der Waals surface area (Å²) < 4.78 is 6.46. The summed E-state index contributed by atoms with van der Waals surface area (Å²) >= 11 is 0. The van der Waals surface area contributed by atoms with Crippen LogP contribution in [-0.2, 0) is 20.7 Å². The third-order valence-electron chi connectivity index (χ3n) is 5.09. The van der Waals surface area contributed by atoms with E-state index in [0.29, 0.717) is 0 Å². The second-order valence-corrected chi connectivity index (χ2v) is 9.07. The number of carbonyl (C=O) groups excluding carboxylic acids is 3. The number of hydrogen-bond acceptors (Lipinski definition) is 6. The fraction of sp³-hybridized carbons (Fsp3) is 0.440. The molecule has 2 rings (SSSR count). The van der Waals surface area contributed by atoms with Gasteiger partial charge < -0.3 is 25.0 Å². The van der Waals surface area contributed by atoms with Gasteiger partial charge in [0.1, 0.15) is 17.3 Å². The lowest BCUT2D eigenvalue weighted by Gasteiger charge is -2.24. The number of nitrogens with zero attached hydrogens (tertiary/aromatic N) is 1. The number of ether oxygens (including phenoxy) is 1. The fourth-order valence-electron chi connectivity index (χ4n) is 3.36. The van der Waals surface area contributed by atoms with E-state index < -0.39 is 35.2 Å². The lowest BCUT2D eigenvalue weighted by Crippen LogP contribution is -2.45. The number of hydrogen-bond donors (Lipinski definition) is 4. The number of rotatable bonds is 10. The molecule has 0 bridgehead atoms. The first-order chi connectivity index (χ1) is 16.5. The van der Waals surface area contributed by atoms with Crippen LogP contribution >= 0.6 is 0 Å². The summed E-state index contributed by atoms with van der Waals surface area (Å²) in [6, 6.07) is 10.5. The normalized spacial score (nSPS) is 12.8. The SMILES string of the molecule is CNC(=O)CC[C@@H](CO)NC(=O)[C@H](Cc1ccccc1)n1cccc(NC(=O)OC(C)(C)C)c1=O. The monoisotopic (exact) mass is 486 g/mol. The van der Waals surface area contributed by atoms with Gasteiger partial charge in [-0.3, -0.25) is 19.7 Å². The molecule has 0 aliphatic carbocycles. The van der Waals surface area contributed by atoms with Crippen molar-refractivity contribution in [1.29, 1.82) is 0 Å². The Bertz CT molecular complexity index is 1060. The number of benzene rings is 1. The molecule has 10 nitrogen and oxygen atoms in total. The lowest BCUT2D eigenvalue weighted by molar-refractivity contribution is -0.126.